The summed E-state index contributed by atoms with van der Waals surface area (Å²) in [5.41, 5.74) is 8.10. The third-order valence-electron chi connectivity index (χ3n) is 4.79. The van der Waals surface area contributed by atoms with Gasteiger partial charge < -0.3 is 15.0 Å². The zero-order chi connectivity index (χ0) is 18.8. The van der Waals surface area contributed by atoms with Gasteiger partial charge in [0.1, 0.15) is 12.4 Å². The smallest absolute Gasteiger partial charge is 0.260 e. The molecule has 5 nitrogen and oxygen atoms in total. The molecule has 1 aromatic carbocycles. The maximum Gasteiger partial charge on any atom is 0.260 e. The number of ether oxygens (including phenoxy) is 1. The van der Waals surface area contributed by atoms with Crippen LogP contribution < -0.4 is 16.0 Å². The number of nitrogens with zero attached hydrogens (tertiary/aromatic N) is 2. The quantitative estimate of drug-likeness (QED) is 0.690. The summed E-state index contributed by atoms with van der Waals surface area (Å²) in [6, 6.07) is 6.00. The maximum absolute atomic E-state index is 12.7. The predicted octanol–water partition coefficient (Wildman–Crippen LogP) is 3.40. The molecular weight excluding hydrogens is 326 g/mol. The van der Waals surface area contributed by atoms with Crippen molar-refractivity contribution in [3.8, 4) is 5.75 Å². The molecule has 3 rings (SSSR count). The number of pyridine rings is 2. The fourth-order valence-electron chi connectivity index (χ4n) is 3.48. The Bertz CT molecular complexity index is 992. The van der Waals surface area contributed by atoms with Gasteiger partial charge in [0.05, 0.1) is 10.9 Å². The molecular formula is C21H27N3O2. The van der Waals surface area contributed by atoms with Crippen LogP contribution in [0.1, 0.15) is 32.8 Å². The number of fused-ring (bicyclic) bond motifs is 3. The Morgan fingerprint density at radius 2 is 2.00 bits per heavy atom. The van der Waals surface area contributed by atoms with E-state index in [1.807, 2.05) is 12.1 Å². The molecule has 0 amide bonds. The molecule has 0 unspecified atom stereocenters. The van der Waals surface area contributed by atoms with Crippen LogP contribution in [0.2, 0.25) is 0 Å². The Kier molecular flexibility index (Phi) is 5.28. The fraction of sp³-hybridized carbons (Fsp3) is 0.429. The predicted molar refractivity (Wildman–Crippen MR) is 107 cm³/mol. The number of hydrogen-bond donors (Lipinski definition) is 1. The third-order valence-corrected chi connectivity index (χ3v) is 4.79. The molecule has 0 saturated carbocycles. The highest BCUT2D eigenvalue weighted by Gasteiger charge is 2.14. The normalized spacial score (nSPS) is 12.8. The molecule has 0 spiro atoms. The lowest BCUT2D eigenvalue weighted by Crippen LogP contribution is -2.29. The van der Waals surface area contributed by atoms with E-state index in [-0.39, 0.29) is 11.6 Å². The van der Waals surface area contributed by atoms with Crippen LogP contribution in [0.25, 0.3) is 21.7 Å². The van der Waals surface area contributed by atoms with Crippen LogP contribution >= 0.6 is 0 Å². The number of nitrogens with two attached hydrogens (primary N) is 1. The fourth-order valence-corrected chi connectivity index (χ4v) is 3.48. The van der Waals surface area contributed by atoms with Crippen molar-refractivity contribution in [3.05, 3.63) is 46.5 Å². The molecule has 26 heavy (non-hydrogen) atoms. The van der Waals surface area contributed by atoms with E-state index in [0.29, 0.717) is 17.9 Å². The first-order valence-electron chi connectivity index (χ1n) is 9.20. The van der Waals surface area contributed by atoms with Gasteiger partial charge in [0.25, 0.3) is 5.56 Å². The summed E-state index contributed by atoms with van der Waals surface area (Å²) in [7, 11) is 1.79. The summed E-state index contributed by atoms with van der Waals surface area (Å²) in [4.78, 5) is 16.8. The second kappa shape index (κ2) is 7.46. The standard InChI is InChI=1S/C21H27N3O2/c1-5-14-9-17-16-6-7-23-11-18(16)21(25)24(4)19(17)10-20(14)26-12-15(22)8-13(2)3/h6-7,9-11,13,15H,5,8,12,22H2,1-4H3/t15-/m0/s1. The Morgan fingerprint density at radius 3 is 2.69 bits per heavy atom. The van der Waals surface area contributed by atoms with E-state index < -0.39 is 0 Å². The van der Waals surface area contributed by atoms with E-state index in [2.05, 4.69) is 31.8 Å². The van der Waals surface area contributed by atoms with Crippen molar-refractivity contribution < 1.29 is 4.74 Å². The molecule has 5 heteroatoms. The number of benzene rings is 1. The van der Waals surface area contributed by atoms with Crippen LogP contribution in [0.15, 0.2) is 35.4 Å². The summed E-state index contributed by atoms with van der Waals surface area (Å²) in [6.45, 7) is 6.89. The van der Waals surface area contributed by atoms with Gasteiger partial charge in [-0.05, 0) is 41.8 Å². The summed E-state index contributed by atoms with van der Waals surface area (Å²) >= 11 is 0. The first-order chi connectivity index (χ1) is 12.4. The second-order valence-corrected chi connectivity index (χ2v) is 7.32. The van der Waals surface area contributed by atoms with Gasteiger partial charge in [0.15, 0.2) is 0 Å². The second-order valence-electron chi connectivity index (χ2n) is 7.32. The summed E-state index contributed by atoms with van der Waals surface area (Å²) in [5.74, 6) is 1.35. The van der Waals surface area contributed by atoms with Gasteiger partial charge in [-0.2, -0.15) is 0 Å². The van der Waals surface area contributed by atoms with Gasteiger partial charge in [-0.15, -0.1) is 0 Å². The van der Waals surface area contributed by atoms with Crippen molar-refractivity contribution >= 4 is 21.7 Å². The van der Waals surface area contributed by atoms with Crippen molar-refractivity contribution in [3.63, 3.8) is 0 Å². The van der Waals surface area contributed by atoms with Gasteiger partial charge in [-0.1, -0.05) is 20.8 Å². The molecule has 2 heterocycles. The van der Waals surface area contributed by atoms with Gasteiger partial charge >= 0.3 is 0 Å². The molecule has 1 atom stereocenters. The van der Waals surface area contributed by atoms with E-state index in [4.69, 9.17) is 10.5 Å². The van der Waals surface area contributed by atoms with Crippen LogP contribution in [0.5, 0.6) is 5.75 Å². The van der Waals surface area contributed by atoms with Crippen molar-refractivity contribution in [2.24, 2.45) is 18.7 Å². The maximum atomic E-state index is 12.7. The monoisotopic (exact) mass is 353 g/mol. The first-order valence-corrected chi connectivity index (χ1v) is 9.20. The molecule has 0 aliphatic carbocycles. The van der Waals surface area contributed by atoms with E-state index in [9.17, 15) is 4.79 Å². The molecule has 138 valence electrons. The average molecular weight is 353 g/mol. The topological polar surface area (TPSA) is 70.1 Å². The van der Waals surface area contributed by atoms with Crippen LogP contribution in [0, 0.1) is 5.92 Å². The van der Waals surface area contributed by atoms with E-state index >= 15 is 0 Å². The molecule has 0 aliphatic heterocycles. The lowest BCUT2D eigenvalue weighted by molar-refractivity contribution is 0.269. The lowest BCUT2D eigenvalue weighted by Gasteiger charge is -2.18. The van der Waals surface area contributed by atoms with Crippen molar-refractivity contribution in [1.82, 2.24) is 9.55 Å². The zero-order valence-electron chi connectivity index (χ0n) is 16.0. The minimum atomic E-state index is -0.0488. The molecule has 3 aromatic rings. The van der Waals surface area contributed by atoms with E-state index in [1.165, 1.54) is 0 Å². The third kappa shape index (κ3) is 3.44. The molecule has 0 saturated heterocycles. The minimum Gasteiger partial charge on any atom is -0.492 e. The van der Waals surface area contributed by atoms with Crippen molar-refractivity contribution in [2.45, 2.75) is 39.7 Å². The van der Waals surface area contributed by atoms with E-state index in [0.717, 1.165) is 40.4 Å². The number of rotatable bonds is 6. The number of aryl methyl sites for hydroxylation is 2. The molecule has 2 N–H and O–H groups in total. The lowest BCUT2D eigenvalue weighted by atomic mass is 10.0. The Balaban J connectivity index is 2.10. The molecule has 0 aliphatic rings. The van der Waals surface area contributed by atoms with Gasteiger partial charge in [0.2, 0.25) is 0 Å². The highest BCUT2D eigenvalue weighted by Crippen LogP contribution is 2.30. The van der Waals surface area contributed by atoms with Gasteiger partial charge in [-0.25, -0.2) is 0 Å². The summed E-state index contributed by atoms with van der Waals surface area (Å²) in [6.07, 6.45) is 5.13. The first kappa shape index (κ1) is 18.4. The largest absolute Gasteiger partial charge is 0.492 e. The molecule has 0 radical (unpaired) electrons. The number of hydrogen-bond acceptors (Lipinski definition) is 4. The van der Waals surface area contributed by atoms with Crippen LogP contribution in [0.3, 0.4) is 0 Å². The average Bonchev–Trinajstić information content (AvgIpc) is 2.63. The number of aromatic nitrogens is 2. The summed E-state index contributed by atoms with van der Waals surface area (Å²) in [5, 5.41) is 2.60. The molecule has 0 bridgehead atoms. The van der Waals surface area contributed by atoms with E-state index in [1.54, 1.807) is 24.0 Å². The highest BCUT2D eigenvalue weighted by molar-refractivity contribution is 6.05. The van der Waals surface area contributed by atoms with Crippen LogP contribution in [0.4, 0.5) is 0 Å². The molecule has 2 aromatic heterocycles. The minimum absolute atomic E-state index is 0.00176. The Morgan fingerprint density at radius 1 is 1.23 bits per heavy atom. The highest BCUT2D eigenvalue weighted by atomic mass is 16.5. The van der Waals surface area contributed by atoms with Crippen LogP contribution in [-0.2, 0) is 13.5 Å². The molecule has 0 fully saturated rings. The zero-order valence-corrected chi connectivity index (χ0v) is 16.0. The van der Waals surface area contributed by atoms with Gasteiger partial charge in [-0.3, -0.25) is 9.78 Å². The Labute approximate surface area is 153 Å². The van der Waals surface area contributed by atoms with Crippen molar-refractivity contribution in [2.75, 3.05) is 6.61 Å². The summed E-state index contributed by atoms with van der Waals surface area (Å²) < 4.78 is 7.72. The van der Waals surface area contributed by atoms with Crippen molar-refractivity contribution in [1.29, 1.82) is 0 Å². The van der Waals surface area contributed by atoms with Crippen LogP contribution in [-0.4, -0.2) is 22.2 Å². The SMILES string of the molecule is CCc1cc2c3ccncc3c(=O)n(C)c2cc1OC[C@@H](N)CC(C)C. The van der Waals surface area contributed by atoms with Gasteiger partial charge in [0, 0.05) is 36.9 Å². The Hall–Kier alpha value is -2.40.